The lowest BCUT2D eigenvalue weighted by molar-refractivity contribution is -0.121. The third kappa shape index (κ3) is 5.15. The quantitative estimate of drug-likeness (QED) is 0.577. The highest BCUT2D eigenvalue weighted by Gasteiger charge is 2.27. The van der Waals surface area contributed by atoms with Crippen molar-refractivity contribution in [3.8, 4) is 5.75 Å². The zero-order valence-corrected chi connectivity index (χ0v) is 18.0. The molecule has 160 valence electrons. The van der Waals surface area contributed by atoms with Gasteiger partial charge in [-0.05, 0) is 54.8 Å². The second-order valence-corrected chi connectivity index (χ2v) is 8.04. The monoisotopic (exact) mass is 414 g/mol. The standard InChI is InChI=1S/C27H30N2O2/c1-31-24-16-10-15-23(19-24)25(29-17-8-9-18-29)20-28-27(30)26(21-11-4-2-5-12-21)22-13-6-3-7-14-22/h2-7,10-16,19,25-26H,8-9,17-18,20H2,1H3,(H,28,30). The van der Waals surface area contributed by atoms with E-state index in [9.17, 15) is 4.79 Å². The van der Waals surface area contributed by atoms with Crippen LogP contribution in [0.5, 0.6) is 5.75 Å². The molecule has 4 nitrogen and oxygen atoms in total. The molecular formula is C27H30N2O2. The van der Waals surface area contributed by atoms with Crippen LogP contribution in [0, 0.1) is 0 Å². The summed E-state index contributed by atoms with van der Waals surface area (Å²) in [4.78, 5) is 15.9. The summed E-state index contributed by atoms with van der Waals surface area (Å²) in [5.41, 5.74) is 3.19. The normalized spacial score (nSPS) is 15.0. The lowest BCUT2D eigenvalue weighted by atomic mass is 9.90. The van der Waals surface area contributed by atoms with Crippen molar-refractivity contribution in [3.05, 3.63) is 102 Å². The lowest BCUT2D eigenvalue weighted by Crippen LogP contribution is -2.39. The van der Waals surface area contributed by atoms with Gasteiger partial charge >= 0.3 is 0 Å². The van der Waals surface area contributed by atoms with E-state index in [4.69, 9.17) is 4.74 Å². The first kappa shape index (κ1) is 21.1. The molecule has 3 aromatic rings. The van der Waals surface area contributed by atoms with E-state index in [0.29, 0.717) is 6.54 Å². The van der Waals surface area contributed by atoms with Crippen molar-refractivity contribution < 1.29 is 9.53 Å². The van der Waals surface area contributed by atoms with Crippen LogP contribution in [0.25, 0.3) is 0 Å². The molecule has 31 heavy (non-hydrogen) atoms. The molecule has 1 unspecified atom stereocenters. The van der Waals surface area contributed by atoms with Crippen LogP contribution in [0.4, 0.5) is 0 Å². The Hall–Kier alpha value is -3.11. The Bertz CT molecular complexity index is 929. The fraction of sp³-hybridized carbons (Fsp3) is 0.296. The van der Waals surface area contributed by atoms with E-state index in [2.05, 4.69) is 22.3 Å². The number of ether oxygens (including phenoxy) is 1. The largest absolute Gasteiger partial charge is 0.497 e. The number of carbonyl (C=O) groups excluding carboxylic acids is 1. The predicted octanol–water partition coefficient (Wildman–Crippen LogP) is 4.78. The van der Waals surface area contributed by atoms with Gasteiger partial charge in [0.1, 0.15) is 5.75 Å². The van der Waals surface area contributed by atoms with E-state index in [-0.39, 0.29) is 17.9 Å². The van der Waals surface area contributed by atoms with Gasteiger partial charge in [0.25, 0.3) is 0 Å². The average Bonchev–Trinajstić information content (AvgIpc) is 3.36. The number of hydrogen-bond acceptors (Lipinski definition) is 3. The Morgan fingerprint density at radius 3 is 2.03 bits per heavy atom. The zero-order valence-electron chi connectivity index (χ0n) is 18.0. The molecule has 3 aromatic carbocycles. The number of rotatable bonds is 8. The van der Waals surface area contributed by atoms with Crippen molar-refractivity contribution >= 4 is 5.91 Å². The summed E-state index contributed by atoms with van der Waals surface area (Å²) in [5.74, 6) is 0.552. The minimum atomic E-state index is -0.327. The maximum atomic E-state index is 13.5. The number of nitrogens with one attached hydrogen (secondary N) is 1. The molecule has 0 aromatic heterocycles. The van der Waals surface area contributed by atoms with Gasteiger partial charge in [-0.15, -0.1) is 0 Å². The summed E-state index contributed by atoms with van der Waals surface area (Å²) in [6.07, 6.45) is 2.40. The molecule has 1 saturated heterocycles. The van der Waals surface area contributed by atoms with Gasteiger partial charge in [-0.25, -0.2) is 0 Å². The van der Waals surface area contributed by atoms with Crippen molar-refractivity contribution in [2.75, 3.05) is 26.7 Å². The van der Waals surface area contributed by atoms with Gasteiger partial charge in [-0.1, -0.05) is 72.8 Å². The average molecular weight is 415 g/mol. The van der Waals surface area contributed by atoms with E-state index in [1.54, 1.807) is 7.11 Å². The van der Waals surface area contributed by atoms with E-state index in [0.717, 1.165) is 30.0 Å². The molecule has 4 rings (SSSR count). The number of benzene rings is 3. The number of likely N-dealkylation sites (tertiary alicyclic amines) is 1. The molecular weight excluding hydrogens is 384 g/mol. The predicted molar refractivity (Wildman–Crippen MR) is 124 cm³/mol. The van der Waals surface area contributed by atoms with Gasteiger partial charge in [-0.3, -0.25) is 9.69 Å². The van der Waals surface area contributed by atoms with Gasteiger partial charge < -0.3 is 10.1 Å². The Morgan fingerprint density at radius 1 is 0.871 bits per heavy atom. The second kappa shape index (κ2) is 10.3. The molecule has 1 fully saturated rings. The zero-order chi connectivity index (χ0) is 21.5. The summed E-state index contributed by atoms with van der Waals surface area (Å²) in [7, 11) is 1.69. The highest BCUT2D eigenvalue weighted by atomic mass is 16.5. The first-order valence-electron chi connectivity index (χ1n) is 11.0. The first-order valence-corrected chi connectivity index (χ1v) is 11.0. The van der Waals surface area contributed by atoms with Crippen LogP contribution in [-0.4, -0.2) is 37.6 Å². The molecule has 4 heteroatoms. The summed E-state index contributed by atoms with van der Waals surface area (Å²) in [6.45, 7) is 2.68. The van der Waals surface area contributed by atoms with Gasteiger partial charge in [0.2, 0.25) is 5.91 Å². The molecule has 0 radical (unpaired) electrons. The Balaban J connectivity index is 1.56. The molecule has 1 amide bonds. The Kier molecular flexibility index (Phi) is 7.00. The fourth-order valence-corrected chi connectivity index (χ4v) is 4.45. The van der Waals surface area contributed by atoms with E-state index in [1.165, 1.54) is 18.4 Å². The van der Waals surface area contributed by atoms with Gasteiger partial charge in [-0.2, -0.15) is 0 Å². The Labute approximate surface area is 184 Å². The molecule has 0 aliphatic carbocycles. The molecule has 1 aliphatic rings. The van der Waals surface area contributed by atoms with E-state index >= 15 is 0 Å². The maximum Gasteiger partial charge on any atom is 0.232 e. The third-order valence-corrected chi connectivity index (χ3v) is 6.06. The van der Waals surface area contributed by atoms with Crippen LogP contribution in [0.1, 0.15) is 41.5 Å². The summed E-state index contributed by atoms with van der Waals surface area (Å²) < 4.78 is 5.44. The number of hydrogen-bond donors (Lipinski definition) is 1. The van der Waals surface area contributed by atoms with Crippen LogP contribution < -0.4 is 10.1 Å². The van der Waals surface area contributed by atoms with Crippen LogP contribution in [0.15, 0.2) is 84.9 Å². The number of methoxy groups -OCH3 is 1. The first-order chi connectivity index (χ1) is 15.3. The van der Waals surface area contributed by atoms with Gasteiger partial charge in [0.15, 0.2) is 0 Å². The third-order valence-electron chi connectivity index (χ3n) is 6.06. The smallest absolute Gasteiger partial charge is 0.232 e. The molecule has 0 saturated carbocycles. The Morgan fingerprint density at radius 2 is 1.45 bits per heavy atom. The van der Waals surface area contributed by atoms with Crippen molar-refractivity contribution in [2.45, 2.75) is 24.8 Å². The molecule has 0 bridgehead atoms. The lowest BCUT2D eigenvalue weighted by Gasteiger charge is -2.29. The van der Waals surface area contributed by atoms with E-state index in [1.807, 2.05) is 72.8 Å². The number of carbonyl (C=O) groups is 1. The van der Waals surface area contributed by atoms with Crippen LogP contribution in [0.2, 0.25) is 0 Å². The van der Waals surface area contributed by atoms with Gasteiger partial charge in [0.05, 0.1) is 19.1 Å². The van der Waals surface area contributed by atoms with Crippen molar-refractivity contribution in [2.24, 2.45) is 0 Å². The van der Waals surface area contributed by atoms with Crippen LogP contribution in [-0.2, 0) is 4.79 Å². The molecule has 0 spiro atoms. The topological polar surface area (TPSA) is 41.6 Å². The molecule has 1 atom stereocenters. The summed E-state index contributed by atoms with van der Waals surface area (Å²) in [5, 5.41) is 3.27. The molecule has 1 N–H and O–H groups in total. The minimum absolute atomic E-state index is 0.0319. The maximum absolute atomic E-state index is 13.5. The van der Waals surface area contributed by atoms with Crippen molar-refractivity contribution in [1.29, 1.82) is 0 Å². The minimum Gasteiger partial charge on any atom is -0.497 e. The van der Waals surface area contributed by atoms with Crippen molar-refractivity contribution in [1.82, 2.24) is 10.2 Å². The number of amides is 1. The van der Waals surface area contributed by atoms with Crippen molar-refractivity contribution in [3.63, 3.8) is 0 Å². The fourth-order valence-electron chi connectivity index (χ4n) is 4.45. The highest BCUT2D eigenvalue weighted by molar-refractivity contribution is 5.87. The molecule has 1 aliphatic heterocycles. The second-order valence-electron chi connectivity index (χ2n) is 8.04. The molecule has 1 heterocycles. The van der Waals surface area contributed by atoms with Crippen LogP contribution in [0.3, 0.4) is 0 Å². The summed E-state index contributed by atoms with van der Waals surface area (Å²) in [6, 6.07) is 28.3. The van der Waals surface area contributed by atoms with Crippen LogP contribution >= 0.6 is 0 Å². The summed E-state index contributed by atoms with van der Waals surface area (Å²) >= 11 is 0. The van der Waals surface area contributed by atoms with E-state index < -0.39 is 0 Å². The number of nitrogens with zero attached hydrogens (tertiary/aromatic N) is 1. The highest BCUT2D eigenvalue weighted by Crippen LogP contribution is 2.29. The SMILES string of the molecule is COc1cccc(C(CNC(=O)C(c2ccccc2)c2ccccc2)N2CCCC2)c1. The van der Waals surface area contributed by atoms with Gasteiger partial charge in [0, 0.05) is 6.54 Å².